The zero-order valence-corrected chi connectivity index (χ0v) is 21.2. The van der Waals surface area contributed by atoms with Gasteiger partial charge in [-0.1, -0.05) is 31.6 Å². The molecular weight excluding hydrogens is 444 g/mol. The standard InChI is InChI=1S/C27H36N4O4/c1-17(2)21(6)30-35-20(5)13-31-14-24(15-31)34-23-8-10-26(28-12-23)22-7-9-25(18(3)11-22)27(33)29-19(4)16-32/h7-12,17,19,24,32H,5,13-16H2,1-4,6H3,(H,29,33)/b30-21+. The Morgan fingerprint density at radius 2 is 2.03 bits per heavy atom. The molecule has 2 heterocycles. The number of benzene rings is 1. The second kappa shape index (κ2) is 12.0. The monoisotopic (exact) mass is 480 g/mol. The van der Waals surface area contributed by atoms with E-state index in [-0.39, 0.29) is 24.7 Å². The van der Waals surface area contributed by atoms with Crippen LogP contribution in [0, 0.1) is 12.8 Å². The number of aliphatic hydroxyl groups is 1. The number of carbonyl (C=O) groups excluding carboxylic acids is 1. The van der Waals surface area contributed by atoms with Gasteiger partial charge in [0.1, 0.15) is 17.6 Å². The molecule has 2 aromatic rings. The molecule has 1 saturated heterocycles. The van der Waals surface area contributed by atoms with Crippen LogP contribution in [0.3, 0.4) is 0 Å². The van der Waals surface area contributed by atoms with Crippen LogP contribution in [0.1, 0.15) is 43.6 Å². The maximum Gasteiger partial charge on any atom is 0.251 e. The summed E-state index contributed by atoms with van der Waals surface area (Å²) in [6.45, 7) is 15.8. The molecule has 0 radical (unpaired) electrons. The van der Waals surface area contributed by atoms with Gasteiger partial charge in [0, 0.05) is 30.3 Å². The Balaban J connectivity index is 1.49. The van der Waals surface area contributed by atoms with Gasteiger partial charge in [0.2, 0.25) is 0 Å². The quantitative estimate of drug-likeness (QED) is 0.289. The van der Waals surface area contributed by atoms with Gasteiger partial charge in [-0.05, 0) is 56.5 Å². The molecule has 1 aromatic carbocycles. The predicted octanol–water partition coefficient (Wildman–Crippen LogP) is 3.79. The number of nitrogens with zero attached hydrogens (tertiary/aromatic N) is 3. The third-order valence-electron chi connectivity index (χ3n) is 5.94. The highest BCUT2D eigenvalue weighted by Gasteiger charge is 2.29. The first kappa shape index (κ1) is 26.4. The van der Waals surface area contributed by atoms with Crippen LogP contribution >= 0.6 is 0 Å². The Bertz CT molecular complexity index is 1060. The molecule has 1 aliphatic heterocycles. The number of rotatable bonds is 11. The van der Waals surface area contributed by atoms with Gasteiger partial charge in [-0.3, -0.25) is 14.7 Å². The molecule has 8 heteroatoms. The molecule has 1 aromatic heterocycles. The maximum absolute atomic E-state index is 12.4. The smallest absolute Gasteiger partial charge is 0.251 e. The average Bonchev–Trinajstić information content (AvgIpc) is 2.81. The normalized spacial score (nSPS) is 15.5. The molecule has 0 aliphatic carbocycles. The second-order valence-corrected chi connectivity index (χ2v) is 9.42. The number of carbonyl (C=O) groups is 1. The van der Waals surface area contributed by atoms with E-state index in [4.69, 9.17) is 14.7 Å². The molecule has 1 fully saturated rings. The van der Waals surface area contributed by atoms with Crippen molar-refractivity contribution >= 4 is 11.6 Å². The molecule has 2 N–H and O–H groups in total. The van der Waals surface area contributed by atoms with E-state index < -0.39 is 0 Å². The van der Waals surface area contributed by atoms with E-state index >= 15 is 0 Å². The zero-order chi connectivity index (χ0) is 25.5. The van der Waals surface area contributed by atoms with Crippen LogP contribution in [-0.2, 0) is 4.84 Å². The van der Waals surface area contributed by atoms with E-state index in [0.717, 1.165) is 41.4 Å². The van der Waals surface area contributed by atoms with Gasteiger partial charge >= 0.3 is 0 Å². The number of aliphatic hydroxyl groups excluding tert-OH is 1. The lowest BCUT2D eigenvalue weighted by atomic mass is 10.0. The first-order chi connectivity index (χ1) is 16.7. The van der Waals surface area contributed by atoms with Gasteiger partial charge in [-0.25, -0.2) is 0 Å². The summed E-state index contributed by atoms with van der Waals surface area (Å²) in [5, 5.41) is 16.0. The van der Waals surface area contributed by atoms with Gasteiger partial charge in [-0.15, -0.1) is 0 Å². The first-order valence-electron chi connectivity index (χ1n) is 11.9. The van der Waals surface area contributed by atoms with Crippen LogP contribution in [0.4, 0.5) is 0 Å². The Kier molecular flexibility index (Phi) is 9.01. The Hall–Kier alpha value is -3.23. The van der Waals surface area contributed by atoms with E-state index in [2.05, 4.69) is 40.8 Å². The minimum atomic E-state index is -0.293. The summed E-state index contributed by atoms with van der Waals surface area (Å²) in [6, 6.07) is 9.13. The van der Waals surface area contributed by atoms with Crippen LogP contribution in [0.5, 0.6) is 5.75 Å². The summed E-state index contributed by atoms with van der Waals surface area (Å²) in [7, 11) is 0. The van der Waals surface area contributed by atoms with E-state index in [1.54, 1.807) is 19.2 Å². The van der Waals surface area contributed by atoms with Crippen molar-refractivity contribution in [2.75, 3.05) is 26.2 Å². The number of oxime groups is 1. The minimum absolute atomic E-state index is 0.0951. The van der Waals surface area contributed by atoms with Crippen LogP contribution in [0.15, 0.2) is 54.0 Å². The number of hydrogen-bond acceptors (Lipinski definition) is 7. The van der Waals surface area contributed by atoms with Gasteiger partial charge in [-0.2, -0.15) is 0 Å². The molecule has 3 rings (SSSR count). The highest BCUT2D eigenvalue weighted by atomic mass is 16.6. The fraction of sp³-hybridized carbons (Fsp3) is 0.444. The number of pyridine rings is 1. The van der Waals surface area contributed by atoms with E-state index in [0.29, 0.717) is 23.8 Å². The highest BCUT2D eigenvalue weighted by Crippen LogP contribution is 2.24. The summed E-state index contributed by atoms with van der Waals surface area (Å²) in [5.41, 5.74) is 4.09. The van der Waals surface area contributed by atoms with Crippen LogP contribution in [0.2, 0.25) is 0 Å². The number of amides is 1. The van der Waals surface area contributed by atoms with Gasteiger partial charge < -0.3 is 20.0 Å². The van der Waals surface area contributed by atoms with Crippen molar-refractivity contribution in [2.24, 2.45) is 11.1 Å². The van der Waals surface area contributed by atoms with Crippen molar-refractivity contribution in [1.29, 1.82) is 0 Å². The lowest BCUT2D eigenvalue weighted by Crippen LogP contribution is -2.54. The van der Waals surface area contributed by atoms with Crippen LogP contribution in [0.25, 0.3) is 11.3 Å². The molecular formula is C27H36N4O4. The van der Waals surface area contributed by atoms with E-state index in [1.165, 1.54) is 0 Å². The van der Waals surface area contributed by atoms with Crippen molar-refractivity contribution in [1.82, 2.24) is 15.2 Å². The third kappa shape index (κ3) is 7.37. The second-order valence-electron chi connectivity index (χ2n) is 9.42. The first-order valence-corrected chi connectivity index (χ1v) is 11.9. The topological polar surface area (TPSA) is 96.3 Å². The molecule has 1 amide bonds. The average molecular weight is 481 g/mol. The highest BCUT2D eigenvalue weighted by molar-refractivity contribution is 5.96. The number of nitrogens with one attached hydrogen (secondary N) is 1. The summed E-state index contributed by atoms with van der Waals surface area (Å²) in [5.74, 6) is 1.49. The van der Waals surface area contributed by atoms with Gasteiger partial charge in [0.25, 0.3) is 5.91 Å². The number of hydrogen-bond donors (Lipinski definition) is 2. The summed E-state index contributed by atoms with van der Waals surface area (Å²) in [6.07, 6.45) is 1.82. The van der Waals surface area contributed by atoms with Crippen LogP contribution < -0.4 is 10.1 Å². The van der Waals surface area contributed by atoms with E-state index in [9.17, 15) is 4.79 Å². The molecule has 0 saturated carbocycles. The Morgan fingerprint density at radius 1 is 1.29 bits per heavy atom. The van der Waals surface area contributed by atoms with E-state index in [1.807, 2.05) is 38.1 Å². The third-order valence-corrected chi connectivity index (χ3v) is 5.94. The van der Waals surface area contributed by atoms with Crippen molar-refractivity contribution in [3.8, 4) is 17.0 Å². The molecule has 0 spiro atoms. The number of ether oxygens (including phenoxy) is 1. The van der Waals surface area contributed by atoms with Gasteiger partial charge in [0.05, 0.1) is 30.8 Å². The molecule has 1 atom stereocenters. The minimum Gasteiger partial charge on any atom is -0.486 e. The van der Waals surface area contributed by atoms with Crippen LogP contribution in [-0.4, -0.2) is 65.0 Å². The molecule has 1 aliphatic rings. The van der Waals surface area contributed by atoms with Crippen molar-refractivity contribution < 1.29 is 19.5 Å². The zero-order valence-electron chi connectivity index (χ0n) is 21.2. The number of aryl methyl sites for hydroxylation is 1. The molecule has 1 unspecified atom stereocenters. The number of aromatic nitrogens is 1. The van der Waals surface area contributed by atoms with Crippen molar-refractivity contribution in [3.05, 3.63) is 60.0 Å². The molecule has 188 valence electrons. The summed E-state index contributed by atoms with van der Waals surface area (Å²) >= 11 is 0. The fourth-order valence-electron chi connectivity index (χ4n) is 3.48. The van der Waals surface area contributed by atoms with Crippen molar-refractivity contribution in [3.63, 3.8) is 0 Å². The number of likely N-dealkylation sites (tertiary alicyclic amines) is 1. The SMILES string of the molecule is C=C(CN1CC(Oc2ccc(-c3ccc(C(=O)NC(C)CO)c(C)c3)nc2)C1)O/N=C(\C)C(C)C. The van der Waals surface area contributed by atoms with Crippen molar-refractivity contribution in [2.45, 2.75) is 46.8 Å². The fourth-order valence-corrected chi connectivity index (χ4v) is 3.48. The lowest BCUT2D eigenvalue weighted by molar-refractivity contribution is 0.0159. The lowest BCUT2D eigenvalue weighted by Gasteiger charge is -2.38. The largest absolute Gasteiger partial charge is 0.486 e. The Labute approximate surface area is 207 Å². The molecule has 35 heavy (non-hydrogen) atoms. The molecule has 0 bridgehead atoms. The van der Waals surface area contributed by atoms with Gasteiger partial charge in [0.15, 0.2) is 0 Å². The predicted molar refractivity (Wildman–Crippen MR) is 137 cm³/mol. The summed E-state index contributed by atoms with van der Waals surface area (Å²) < 4.78 is 6.03. The maximum atomic E-state index is 12.4. The molecule has 8 nitrogen and oxygen atoms in total. The summed E-state index contributed by atoms with van der Waals surface area (Å²) in [4.78, 5) is 24.5. The Morgan fingerprint density at radius 3 is 2.63 bits per heavy atom.